The van der Waals surface area contributed by atoms with E-state index in [0.717, 1.165) is 24.3 Å². The minimum absolute atomic E-state index is 0.147. The van der Waals surface area contributed by atoms with Gasteiger partial charge in [0.05, 0.1) is 0 Å². The molecule has 0 aliphatic carbocycles. The van der Waals surface area contributed by atoms with Crippen molar-refractivity contribution in [2.24, 2.45) is 5.92 Å². The Kier molecular flexibility index (Phi) is 4.46. The van der Waals surface area contributed by atoms with Crippen LogP contribution in [-0.2, 0) is 0 Å². The summed E-state index contributed by atoms with van der Waals surface area (Å²) in [5, 5.41) is 3.62. The van der Waals surface area contributed by atoms with Crippen molar-refractivity contribution in [3.05, 3.63) is 29.6 Å². The van der Waals surface area contributed by atoms with Crippen molar-refractivity contribution in [2.45, 2.75) is 46.2 Å². The van der Waals surface area contributed by atoms with E-state index in [9.17, 15) is 4.39 Å². The predicted molar refractivity (Wildman–Crippen MR) is 79.2 cm³/mol. The molecule has 0 bridgehead atoms. The minimum atomic E-state index is -0.147. The molecule has 0 aromatic heterocycles. The second kappa shape index (κ2) is 5.91. The van der Waals surface area contributed by atoms with Crippen LogP contribution in [-0.4, -0.2) is 25.2 Å². The Hall–Kier alpha value is -1.09. The zero-order chi connectivity index (χ0) is 14.0. The molecule has 2 nitrogen and oxygen atoms in total. The second-order valence-electron chi connectivity index (χ2n) is 5.83. The minimum Gasteiger partial charge on any atom is -0.366 e. The number of halogens is 1. The number of rotatable bonds is 3. The molecule has 2 rings (SSSR count). The summed E-state index contributed by atoms with van der Waals surface area (Å²) in [6.07, 6.45) is 1.17. The normalized spacial score (nSPS) is 25.4. The SMILES string of the molecule is CCC(C)C1CN(c2cc(F)ccc2C)C(C)CN1. The monoisotopic (exact) mass is 264 g/mol. The van der Waals surface area contributed by atoms with Crippen molar-refractivity contribution in [2.75, 3.05) is 18.0 Å². The third-order valence-corrected chi connectivity index (χ3v) is 4.41. The van der Waals surface area contributed by atoms with Crippen molar-refractivity contribution in [3.8, 4) is 0 Å². The van der Waals surface area contributed by atoms with Gasteiger partial charge in [-0.05, 0) is 37.5 Å². The molecule has 3 heteroatoms. The van der Waals surface area contributed by atoms with E-state index in [-0.39, 0.29) is 5.82 Å². The summed E-state index contributed by atoms with van der Waals surface area (Å²) in [5.41, 5.74) is 2.19. The second-order valence-corrected chi connectivity index (χ2v) is 5.83. The van der Waals surface area contributed by atoms with Gasteiger partial charge in [0.2, 0.25) is 0 Å². The first-order valence-corrected chi connectivity index (χ1v) is 7.29. The summed E-state index contributed by atoms with van der Waals surface area (Å²) in [7, 11) is 0. The van der Waals surface area contributed by atoms with Gasteiger partial charge in [-0.1, -0.05) is 26.3 Å². The van der Waals surface area contributed by atoms with E-state index in [0.29, 0.717) is 18.0 Å². The Morgan fingerprint density at radius 1 is 1.47 bits per heavy atom. The van der Waals surface area contributed by atoms with Crippen molar-refractivity contribution >= 4 is 5.69 Å². The van der Waals surface area contributed by atoms with Gasteiger partial charge in [0.15, 0.2) is 0 Å². The van der Waals surface area contributed by atoms with Gasteiger partial charge < -0.3 is 10.2 Å². The van der Waals surface area contributed by atoms with E-state index < -0.39 is 0 Å². The molecule has 1 aromatic carbocycles. The molecule has 3 unspecified atom stereocenters. The van der Waals surface area contributed by atoms with E-state index in [1.165, 1.54) is 12.5 Å². The maximum Gasteiger partial charge on any atom is 0.125 e. The first kappa shape index (κ1) is 14.3. The molecule has 1 aromatic rings. The van der Waals surface area contributed by atoms with E-state index >= 15 is 0 Å². The van der Waals surface area contributed by atoms with Gasteiger partial charge in [-0.3, -0.25) is 0 Å². The zero-order valence-electron chi connectivity index (χ0n) is 12.4. The number of anilines is 1. The molecule has 1 N–H and O–H groups in total. The van der Waals surface area contributed by atoms with Gasteiger partial charge in [0, 0.05) is 30.9 Å². The van der Waals surface area contributed by atoms with Crippen LogP contribution >= 0.6 is 0 Å². The van der Waals surface area contributed by atoms with Gasteiger partial charge in [0.1, 0.15) is 5.82 Å². The highest BCUT2D eigenvalue weighted by Crippen LogP contribution is 2.26. The highest BCUT2D eigenvalue weighted by Gasteiger charge is 2.28. The lowest BCUT2D eigenvalue weighted by Gasteiger charge is -2.43. The molecule has 106 valence electrons. The first-order valence-electron chi connectivity index (χ1n) is 7.29. The molecule has 1 saturated heterocycles. The zero-order valence-corrected chi connectivity index (χ0v) is 12.4. The summed E-state index contributed by atoms with van der Waals surface area (Å²) < 4.78 is 13.5. The topological polar surface area (TPSA) is 15.3 Å². The van der Waals surface area contributed by atoms with Gasteiger partial charge in [0.25, 0.3) is 0 Å². The Labute approximate surface area is 116 Å². The van der Waals surface area contributed by atoms with Crippen LogP contribution in [0.1, 0.15) is 32.8 Å². The number of nitrogens with one attached hydrogen (secondary N) is 1. The predicted octanol–water partition coefficient (Wildman–Crippen LogP) is 3.35. The van der Waals surface area contributed by atoms with Crippen molar-refractivity contribution in [1.82, 2.24) is 5.32 Å². The highest BCUT2D eigenvalue weighted by molar-refractivity contribution is 5.54. The number of hydrogen-bond donors (Lipinski definition) is 1. The number of nitrogens with zero attached hydrogens (tertiary/aromatic N) is 1. The summed E-state index contributed by atoms with van der Waals surface area (Å²) >= 11 is 0. The lowest BCUT2D eigenvalue weighted by atomic mass is 9.95. The van der Waals surface area contributed by atoms with E-state index in [2.05, 4.69) is 37.9 Å². The smallest absolute Gasteiger partial charge is 0.125 e. The standard InChI is InChI=1S/C16H25FN2/c1-5-11(2)15-10-19(13(4)9-18-15)16-8-14(17)7-6-12(16)3/h6-8,11,13,15,18H,5,9-10H2,1-4H3. The lowest BCUT2D eigenvalue weighted by Crippen LogP contribution is -2.57. The molecule has 1 aliphatic heterocycles. The lowest BCUT2D eigenvalue weighted by molar-refractivity contribution is 0.315. The molecule has 0 spiro atoms. The summed E-state index contributed by atoms with van der Waals surface area (Å²) in [6.45, 7) is 10.7. The highest BCUT2D eigenvalue weighted by atomic mass is 19.1. The number of hydrogen-bond acceptors (Lipinski definition) is 2. The fourth-order valence-corrected chi connectivity index (χ4v) is 2.78. The molecule has 0 saturated carbocycles. The van der Waals surface area contributed by atoms with Crippen LogP contribution in [0, 0.1) is 18.7 Å². The number of piperazine rings is 1. The first-order chi connectivity index (χ1) is 9.02. The van der Waals surface area contributed by atoms with Crippen LogP contribution in [0.15, 0.2) is 18.2 Å². The van der Waals surface area contributed by atoms with E-state index in [4.69, 9.17) is 0 Å². The van der Waals surface area contributed by atoms with Gasteiger partial charge in [-0.25, -0.2) is 4.39 Å². The molecular weight excluding hydrogens is 239 g/mol. The van der Waals surface area contributed by atoms with Gasteiger partial charge >= 0.3 is 0 Å². The molecule has 0 radical (unpaired) electrons. The third-order valence-electron chi connectivity index (χ3n) is 4.41. The Bertz CT molecular complexity index is 433. The van der Waals surface area contributed by atoms with Crippen LogP contribution in [0.3, 0.4) is 0 Å². The molecule has 1 aliphatic rings. The summed E-state index contributed by atoms with van der Waals surface area (Å²) in [5.74, 6) is 0.496. The average molecular weight is 264 g/mol. The summed E-state index contributed by atoms with van der Waals surface area (Å²) in [6, 6.07) is 5.98. The van der Waals surface area contributed by atoms with E-state index in [1.807, 2.05) is 6.07 Å². The summed E-state index contributed by atoms with van der Waals surface area (Å²) in [4.78, 5) is 2.35. The molecule has 3 atom stereocenters. The van der Waals surface area contributed by atoms with Crippen LogP contribution in [0.4, 0.5) is 10.1 Å². The average Bonchev–Trinajstić information content (AvgIpc) is 2.41. The molecule has 0 amide bonds. The molecule has 1 fully saturated rings. The Morgan fingerprint density at radius 2 is 2.21 bits per heavy atom. The largest absolute Gasteiger partial charge is 0.366 e. The maximum absolute atomic E-state index is 13.5. The molecule has 1 heterocycles. The quantitative estimate of drug-likeness (QED) is 0.900. The Morgan fingerprint density at radius 3 is 2.89 bits per heavy atom. The molecule has 19 heavy (non-hydrogen) atoms. The number of benzene rings is 1. The molecular formula is C16H25FN2. The maximum atomic E-state index is 13.5. The van der Waals surface area contributed by atoms with Crippen molar-refractivity contribution < 1.29 is 4.39 Å². The fourth-order valence-electron chi connectivity index (χ4n) is 2.78. The van der Waals surface area contributed by atoms with Crippen LogP contribution in [0.2, 0.25) is 0 Å². The fraction of sp³-hybridized carbons (Fsp3) is 0.625. The van der Waals surface area contributed by atoms with Crippen molar-refractivity contribution in [1.29, 1.82) is 0 Å². The van der Waals surface area contributed by atoms with E-state index in [1.54, 1.807) is 6.07 Å². The van der Waals surface area contributed by atoms with Crippen LogP contribution in [0.5, 0.6) is 0 Å². The van der Waals surface area contributed by atoms with Gasteiger partial charge in [-0.2, -0.15) is 0 Å². The van der Waals surface area contributed by atoms with Crippen LogP contribution < -0.4 is 10.2 Å². The third kappa shape index (κ3) is 3.08. The van der Waals surface area contributed by atoms with Crippen molar-refractivity contribution in [3.63, 3.8) is 0 Å². The van der Waals surface area contributed by atoms with Gasteiger partial charge in [-0.15, -0.1) is 0 Å². The number of aryl methyl sites for hydroxylation is 1. The van der Waals surface area contributed by atoms with Crippen LogP contribution in [0.25, 0.3) is 0 Å². The Balaban J connectivity index is 2.23.